The molecule has 1 N–H and O–H groups in total. The van der Waals surface area contributed by atoms with Gasteiger partial charge in [0.25, 0.3) is 10.0 Å². The van der Waals surface area contributed by atoms with E-state index >= 15 is 0 Å². The van der Waals surface area contributed by atoms with Gasteiger partial charge in [-0.2, -0.15) is 0 Å². The highest BCUT2D eigenvalue weighted by atomic mass is 32.2. The number of rotatable bonds is 3. The van der Waals surface area contributed by atoms with Gasteiger partial charge in [-0.05, 0) is 30.7 Å². The second-order valence-corrected chi connectivity index (χ2v) is 6.14. The van der Waals surface area contributed by atoms with Crippen molar-refractivity contribution in [3.8, 4) is 0 Å². The van der Waals surface area contributed by atoms with Crippen LogP contribution in [0.25, 0.3) is 0 Å². The van der Waals surface area contributed by atoms with E-state index in [2.05, 4.69) is 5.32 Å². The Hall–Kier alpha value is -1.89. The summed E-state index contributed by atoms with van der Waals surface area (Å²) in [6.45, 7) is 1.60. The maximum absolute atomic E-state index is 12.2. The summed E-state index contributed by atoms with van der Waals surface area (Å²) in [5, 5.41) is 2.55. The Bertz CT molecular complexity index is 607. The second-order valence-electron chi connectivity index (χ2n) is 4.28. The SMILES string of the molecule is CC(=O)Nc1ccc(S(=O)(=O)N2CCCC2=O)cc1. The molecule has 0 unspecified atom stereocenters. The monoisotopic (exact) mass is 282 g/mol. The van der Waals surface area contributed by atoms with Crippen LogP contribution < -0.4 is 5.32 Å². The number of sulfonamides is 1. The summed E-state index contributed by atoms with van der Waals surface area (Å²) < 4.78 is 25.3. The van der Waals surface area contributed by atoms with Gasteiger partial charge < -0.3 is 5.32 Å². The Labute approximate surface area is 111 Å². The molecule has 7 heteroatoms. The fraction of sp³-hybridized carbons (Fsp3) is 0.333. The van der Waals surface area contributed by atoms with Gasteiger partial charge in [-0.15, -0.1) is 0 Å². The van der Waals surface area contributed by atoms with Crippen molar-refractivity contribution < 1.29 is 18.0 Å². The van der Waals surface area contributed by atoms with E-state index in [0.29, 0.717) is 12.1 Å². The van der Waals surface area contributed by atoms with E-state index in [0.717, 1.165) is 4.31 Å². The lowest BCUT2D eigenvalue weighted by Gasteiger charge is -2.16. The third-order valence-electron chi connectivity index (χ3n) is 2.79. The lowest BCUT2D eigenvalue weighted by molar-refractivity contribution is -0.123. The minimum Gasteiger partial charge on any atom is -0.326 e. The Morgan fingerprint density at radius 2 is 1.89 bits per heavy atom. The van der Waals surface area contributed by atoms with Gasteiger partial charge in [0, 0.05) is 25.6 Å². The third-order valence-corrected chi connectivity index (χ3v) is 4.63. The first-order chi connectivity index (χ1) is 8.91. The van der Waals surface area contributed by atoms with Crippen molar-refractivity contribution >= 4 is 27.5 Å². The van der Waals surface area contributed by atoms with Crippen LogP contribution in [0.1, 0.15) is 19.8 Å². The van der Waals surface area contributed by atoms with Crippen molar-refractivity contribution in [2.45, 2.75) is 24.7 Å². The van der Waals surface area contributed by atoms with Crippen LogP contribution in [0, 0.1) is 0 Å². The van der Waals surface area contributed by atoms with E-state index in [1.807, 2.05) is 0 Å². The molecule has 102 valence electrons. The first kappa shape index (κ1) is 13.5. The summed E-state index contributed by atoms with van der Waals surface area (Å²) in [5.74, 6) is -0.601. The molecule has 2 rings (SSSR count). The molecular formula is C12H14N2O4S. The van der Waals surface area contributed by atoms with E-state index in [1.54, 1.807) is 0 Å². The van der Waals surface area contributed by atoms with Crippen molar-refractivity contribution in [2.75, 3.05) is 11.9 Å². The molecule has 1 aliphatic heterocycles. The fourth-order valence-electron chi connectivity index (χ4n) is 1.92. The van der Waals surface area contributed by atoms with E-state index in [9.17, 15) is 18.0 Å². The van der Waals surface area contributed by atoms with Crippen LogP contribution in [0.15, 0.2) is 29.2 Å². The number of nitrogens with one attached hydrogen (secondary N) is 1. The van der Waals surface area contributed by atoms with Crippen LogP contribution in [0.5, 0.6) is 0 Å². The molecule has 0 radical (unpaired) electrons. The van der Waals surface area contributed by atoms with Gasteiger partial charge in [-0.25, -0.2) is 12.7 Å². The molecule has 1 fully saturated rings. The normalized spacial score (nSPS) is 15.6. The second kappa shape index (κ2) is 5.00. The van der Waals surface area contributed by atoms with Gasteiger partial charge in [0.2, 0.25) is 11.8 Å². The lowest BCUT2D eigenvalue weighted by Crippen LogP contribution is -2.31. The van der Waals surface area contributed by atoms with Gasteiger partial charge in [-0.3, -0.25) is 9.59 Å². The zero-order valence-electron chi connectivity index (χ0n) is 10.4. The number of anilines is 1. The molecule has 0 bridgehead atoms. The summed E-state index contributed by atoms with van der Waals surface area (Å²) in [6.07, 6.45) is 0.825. The van der Waals surface area contributed by atoms with E-state index < -0.39 is 10.0 Å². The largest absolute Gasteiger partial charge is 0.326 e. The maximum atomic E-state index is 12.2. The van der Waals surface area contributed by atoms with Gasteiger partial charge in [0.1, 0.15) is 0 Å². The van der Waals surface area contributed by atoms with E-state index in [4.69, 9.17) is 0 Å². The topological polar surface area (TPSA) is 83.6 Å². The summed E-state index contributed by atoms with van der Waals surface area (Å²) in [5.41, 5.74) is 0.513. The zero-order chi connectivity index (χ0) is 14.0. The Morgan fingerprint density at radius 3 is 2.37 bits per heavy atom. The number of nitrogens with zero attached hydrogens (tertiary/aromatic N) is 1. The number of hydrogen-bond acceptors (Lipinski definition) is 4. The van der Waals surface area contributed by atoms with Crippen LogP contribution in [0.2, 0.25) is 0 Å². The van der Waals surface area contributed by atoms with Crippen LogP contribution in [0.4, 0.5) is 5.69 Å². The third kappa shape index (κ3) is 2.76. The predicted molar refractivity (Wildman–Crippen MR) is 68.9 cm³/mol. The molecule has 1 aliphatic rings. The molecule has 1 aromatic rings. The average Bonchev–Trinajstić information content (AvgIpc) is 2.76. The standard InChI is InChI=1S/C12H14N2O4S/c1-9(15)13-10-4-6-11(7-5-10)19(17,18)14-8-2-3-12(14)16/h4-7H,2-3,8H2,1H3,(H,13,15). The highest BCUT2D eigenvalue weighted by Crippen LogP contribution is 2.23. The summed E-state index contributed by atoms with van der Waals surface area (Å²) in [7, 11) is -3.76. The van der Waals surface area contributed by atoms with Gasteiger partial charge in [0.05, 0.1) is 4.90 Å². The Balaban J connectivity index is 2.26. The number of benzene rings is 1. The molecule has 0 aliphatic carbocycles. The highest BCUT2D eigenvalue weighted by Gasteiger charge is 2.32. The summed E-state index contributed by atoms with van der Waals surface area (Å²) in [4.78, 5) is 22.4. The minimum atomic E-state index is -3.76. The number of carbonyl (C=O) groups excluding carboxylic acids is 2. The van der Waals surface area contributed by atoms with Crippen molar-refractivity contribution in [3.05, 3.63) is 24.3 Å². The first-order valence-electron chi connectivity index (χ1n) is 5.84. The average molecular weight is 282 g/mol. The fourth-order valence-corrected chi connectivity index (χ4v) is 3.38. The number of amides is 2. The summed E-state index contributed by atoms with van der Waals surface area (Å²) in [6, 6.07) is 5.75. The molecule has 2 amide bonds. The van der Waals surface area contributed by atoms with Crippen LogP contribution in [-0.2, 0) is 19.6 Å². The van der Waals surface area contributed by atoms with Crippen LogP contribution in [-0.4, -0.2) is 31.1 Å². The quantitative estimate of drug-likeness (QED) is 0.895. The van der Waals surface area contributed by atoms with Crippen LogP contribution >= 0.6 is 0 Å². The predicted octanol–water partition coefficient (Wildman–Crippen LogP) is 0.956. The minimum absolute atomic E-state index is 0.0526. The molecule has 19 heavy (non-hydrogen) atoms. The van der Waals surface area contributed by atoms with Crippen molar-refractivity contribution in [1.82, 2.24) is 4.31 Å². The smallest absolute Gasteiger partial charge is 0.266 e. The molecule has 1 aromatic carbocycles. The van der Waals surface area contributed by atoms with E-state index in [1.165, 1.54) is 31.2 Å². The van der Waals surface area contributed by atoms with Crippen molar-refractivity contribution in [2.24, 2.45) is 0 Å². The lowest BCUT2D eigenvalue weighted by atomic mass is 10.3. The molecule has 0 aromatic heterocycles. The number of hydrogen-bond donors (Lipinski definition) is 1. The van der Waals surface area contributed by atoms with Gasteiger partial charge in [-0.1, -0.05) is 0 Å². The highest BCUT2D eigenvalue weighted by molar-refractivity contribution is 7.89. The first-order valence-corrected chi connectivity index (χ1v) is 7.28. The van der Waals surface area contributed by atoms with Crippen molar-refractivity contribution in [1.29, 1.82) is 0 Å². The Kier molecular flexibility index (Phi) is 3.57. The van der Waals surface area contributed by atoms with Crippen molar-refractivity contribution in [3.63, 3.8) is 0 Å². The molecule has 1 saturated heterocycles. The molecule has 0 spiro atoms. The van der Waals surface area contributed by atoms with Crippen LogP contribution in [0.3, 0.4) is 0 Å². The van der Waals surface area contributed by atoms with Gasteiger partial charge in [0.15, 0.2) is 0 Å². The maximum Gasteiger partial charge on any atom is 0.266 e. The molecule has 0 saturated carbocycles. The van der Waals surface area contributed by atoms with Gasteiger partial charge >= 0.3 is 0 Å². The molecular weight excluding hydrogens is 268 g/mol. The number of carbonyl (C=O) groups is 2. The molecule has 6 nitrogen and oxygen atoms in total. The molecule has 1 heterocycles. The summed E-state index contributed by atoms with van der Waals surface area (Å²) >= 11 is 0. The Morgan fingerprint density at radius 1 is 1.26 bits per heavy atom. The molecule has 0 atom stereocenters. The van der Waals surface area contributed by atoms with E-state index in [-0.39, 0.29) is 29.7 Å². The zero-order valence-corrected chi connectivity index (χ0v) is 11.2.